The standard InChI is InChI=1S/C14H27N3O3/c1-4-12(8-13(18)19)9-15-14(20)17-7-5-6-16(3)10-11(17)2/h11-12H,4-10H2,1-3H3,(H,15,20)(H,18,19). The fourth-order valence-electron chi connectivity index (χ4n) is 2.61. The van der Waals surface area contributed by atoms with Crippen LogP contribution in [0.25, 0.3) is 0 Å². The maximum atomic E-state index is 12.2. The summed E-state index contributed by atoms with van der Waals surface area (Å²) in [6.45, 7) is 7.07. The topological polar surface area (TPSA) is 72.9 Å². The molecule has 0 aliphatic carbocycles. The first-order valence-corrected chi connectivity index (χ1v) is 7.38. The molecule has 2 amide bonds. The fourth-order valence-corrected chi connectivity index (χ4v) is 2.61. The third-order valence-corrected chi connectivity index (χ3v) is 3.89. The Morgan fingerprint density at radius 3 is 2.70 bits per heavy atom. The minimum Gasteiger partial charge on any atom is -0.481 e. The number of carboxylic acid groups (broad SMARTS) is 1. The fraction of sp³-hybridized carbons (Fsp3) is 0.857. The second-order valence-corrected chi connectivity index (χ2v) is 5.72. The minimum absolute atomic E-state index is 0.00130. The van der Waals surface area contributed by atoms with E-state index in [1.807, 2.05) is 11.8 Å². The van der Waals surface area contributed by atoms with Gasteiger partial charge in [0.1, 0.15) is 0 Å². The Labute approximate surface area is 121 Å². The highest BCUT2D eigenvalue weighted by atomic mass is 16.4. The maximum absolute atomic E-state index is 12.2. The van der Waals surface area contributed by atoms with E-state index in [2.05, 4.69) is 24.2 Å². The van der Waals surface area contributed by atoms with Gasteiger partial charge in [0.15, 0.2) is 0 Å². The van der Waals surface area contributed by atoms with Gasteiger partial charge < -0.3 is 20.2 Å². The second-order valence-electron chi connectivity index (χ2n) is 5.72. The van der Waals surface area contributed by atoms with Crippen molar-refractivity contribution >= 4 is 12.0 Å². The number of hydrogen-bond acceptors (Lipinski definition) is 3. The summed E-state index contributed by atoms with van der Waals surface area (Å²) in [5.41, 5.74) is 0. The lowest BCUT2D eigenvalue weighted by Crippen LogP contribution is -2.48. The Morgan fingerprint density at radius 2 is 2.10 bits per heavy atom. The molecule has 116 valence electrons. The van der Waals surface area contributed by atoms with Gasteiger partial charge in [-0.15, -0.1) is 0 Å². The van der Waals surface area contributed by atoms with E-state index < -0.39 is 5.97 Å². The molecule has 1 heterocycles. The number of carbonyl (C=O) groups is 2. The molecule has 20 heavy (non-hydrogen) atoms. The number of amides is 2. The molecule has 0 aromatic carbocycles. The van der Waals surface area contributed by atoms with Crippen LogP contribution in [0.3, 0.4) is 0 Å². The zero-order valence-electron chi connectivity index (χ0n) is 12.8. The van der Waals surface area contributed by atoms with Gasteiger partial charge in [0.2, 0.25) is 0 Å². The summed E-state index contributed by atoms with van der Waals surface area (Å²) in [5, 5.41) is 11.7. The zero-order chi connectivity index (χ0) is 15.1. The molecule has 0 aromatic heterocycles. The second kappa shape index (κ2) is 8.09. The first-order valence-electron chi connectivity index (χ1n) is 7.38. The summed E-state index contributed by atoms with van der Waals surface area (Å²) in [6, 6.07) is 0.110. The van der Waals surface area contributed by atoms with Crippen LogP contribution in [0.1, 0.15) is 33.1 Å². The van der Waals surface area contributed by atoms with Crippen molar-refractivity contribution in [2.24, 2.45) is 5.92 Å². The molecule has 0 radical (unpaired) electrons. The number of urea groups is 1. The molecule has 0 bridgehead atoms. The number of aliphatic carboxylic acids is 1. The lowest BCUT2D eigenvalue weighted by molar-refractivity contribution is -0.138. The van der Waals surface area contributed by atoms with Crippen molar-refractivity contribution in [3.8, 4) is 0 Å². The quantitative estimate of drug-likeness (QED) is 0.796. The van der Waals surface area contributed by atoms with Crippen molar-refractivity contribution in [2.45, 2.75) is 39.2 Å². The van der Waals surface area contributed by atoms with Gasteiger partial charge in [0.05, 0.1) is 0 Å². The molecule has 0 spiro atoms. The highest BCUT2D eigenvalue weighted by Crippen LogP contribution is 2.10. The monoisotopic (exact) mass is 285 g/mol. The molecule has 0 aromatic rings. The summed E-state index contributed by atoms with van der Waals surface area (Å²) in [7, 11) is 2.07. The van der Waals surface area contributed by atoms with E-state index in [9.17, 15) is 9.59 Å². The number of nitrogens with one attached hydrogen (secondary N) is 1. The third-order valence-electron chi connectivity index (χ3n) is 3.89. The molecular formula is C14H27N3O3. The van der Waals surface area contributed by atoms with Gasteiger partial charge >= 0.3 is 12.0 Å². The van der Waals surface area contributed by atoms with Crippen LogP contribution >= 0.6 is 0 Å². The largest absolute Gasteiger partial charge is 0.481 e. The maximum Gasteiger partial charge on any atom is 0.317 e. The van der Waals surface area contributed by atoms with E-state index in [1.165, 1.54) is 0 Å². The van der Waals surface area contributed by atoms with Crippen LogP contribution in [0.2, 0.25) is 0 Å². The van der Waals surface area contributed by atoms with Gasteiger partial charge in [-0.3, -0.25) is 4.79 Å². The molecule has 2 unspecified atom stereocenters. The third kappa shape index (κ3) is 5.36. The highest BCUT2D eigenvalue weighted by molar-refractivity contribution is 5.74. The number of nitrogens with zero attached hydrogens (tertiary/aromatic N) is 2. The summed E-state index contributed by atoms with van der Waals surface area (Å²) < 4.78 is 0. The number of rotatable bonds is 5. The molecule has 1 aliphatic rings. The van der Waals surface area contributed by atoms with Gasteiger partial charge in [-0.2, -0.15) is 0 Å². The Hall–Kier alpha value is -1.30. The smallest absolute Gasteiger partial charge is 0.317 e. The summed E-state index contributed by atoms with van der Waals surface area (Å²) in [4.78, 5) is 27.0. The molecule has 1 fully saturated rings. The number of carbonyl (C=O) groups excluding carboxylic acids is 1. The van der Waals surface area contributed by atoms with E-state index in [0.29, 0.717) is 6.54 Å². The van der Waals surface area contributed by atoms with Crippen LogP contribution in [-0.2, 0) is 4.79 Å². The van der Waals surface area contributed by atoms with Crippen LogP contribution in [-0.4, -0.2) is 66.2 Å². The van der Waals surface area contributed by atoms with Crippen LogP contribution in [0.5, 0.6) is 0 Å². The van der Waals surface area contributed by atoms with E-state index in [-0.39, 0.29) is 24.4 Å². The SMILES string of the molecule is CCC(CNC(=O)N1CCCN(C)CC1C)CC(=O)O. The minimum atomic E-state index is -0.809. The van der Waals surface area contributed by atoms with Crippen molar-refractivity contribution in [3.63, 3.8) is 0 Å². The lowest BCUT2D eigenvalue weighted by atomic mass is 10.0. The average Bonchev–Trinajstić information content (AvgIpc) is 2.54. The predicted molar refractivity (Wildman–Crippen MR) is 77.7 cm³/mol. The lowest BCUT2D eigenvalue weighted by Gasteiger charge is -2.28. The first-order chi connectivity index (χ1) is 9.43. The summed E-state index contributed by atoms with van der Waals surface area (Å²) in [6.07, 6.45) is 1.83. The molecule has 6 heteroatoms. The first kappa shape index (κ1) is 16.8. The Bertz CT molecular complexity index is 336. The Balaban J connectivity index is 2.46. The van der Waals surface area contributed by atoms with Crippen molar-refractivity contribution < 1.29 is 14.7 Å². The van der Waals surface area contributed by atoms with E-state index in [1.54, 1.807) is 0 Å². The normalized spacial score (nSPS) is 22.1. The van der Waals surface area contributed by atoms with Crippen LogP contribution in [0, 0.1) is 5.92 Å². The van der Waals surface area contributed by atoms with Gasteiger partial charge in [-0.1, -0.05) is 13.3 Å². The molecule has 1 rings (SSSR count). The highest BCUT2D eigenvalue weighted by Gasteiger charge is 2.24. The van der Waals surface area contributed by atoms with Gasteiger partial charge in [-0.05, 0) is 32.9 Å². The molecule has 0 saturated carbocycles. The molecule has 1 aliphatic heterocycles. The van der Waals surface area contributed by atoms with Crippen molar-refractivity contribution in [3.05, 3.63) is 0 Å². The molecule has 2 N–H and O–H groups in total. The van der Waals surface area contributed by atoms with Gasteiger partial charge in [0.25, 0.3) is 0 Å². The van der Waals surface area contributed by atoms with Crippen molar-refractivity contribution in [1.29, 1.82) is 0 Å². The molecular weight excluding hydrogens is 258 g/mol. The Morgan fingerprint density at radius 1 is 1.40 bits per heavy atom. The molecule has 2 atom stereocenters. The Kier molecular flexibility index (Phi) is 6.78. The zero-order valence-corrected chi connectivity index (χ0v) is 12.8. The van der Waals surface area contributed by atoms with Gasteiger partial charge in [0, 0.05) is 32.1 Å². The van der Waals surface area contributed by atoms with Gasteiger partial charge in [-0.25, -0.2) is 4.79 Å². The number of likely N-dealkylation sites (N-methyl/N-ethyl adjacent to an activating group) is 1. The average molecular weight is 285 g/mol. The number of carboxylic acids is 1. The van der Waals surface area contributed by atoms with Crippen LogP contribution in [0.4, 0.5) is 4.79 Å². The summed E-state index contributed by atoms with van der Waals surface area (Å²) in [5.74, 6) is -0.808. The van der Waals surface area contributed by atoms with Crippen LogP contribution in [0.15, 0.2) is 0 Å². The van der Waals surface area contributed by atoms with Crippen molar-refractivity contribution in [1.82, 2.24) is 15.1 Å². The predicted octanol–water partition coefficient (Wildman–Crippen LogP) is 1.22. The van der Waals surface area contributed by atoms with E-state index in [4.69, 9.17) is 5.11 Å². The van der Waals surface area contributed by atoms with Crippen molar-refractivity contribution in [2.75, 3.05) is 33.2 Å². The number of hydrogen-bond donors (Lipinski definition) is 2. The molecule has 1 saturated heterocycles. The van der Waals surface area contributed by atoms with Crippen LogP contribution < -0.4 is 5.32 Å². The molecule has 6 nitrogen and oxygen atoms in total. The van der Waals surface area contributed by atoms with E-state index >= 15 is 0 Å². The summed E-state index contributed by atoms with van der Waals surface area (Å²) >= 11 is 0. The van der Waals surface area contributed by atoms with E-state index in [0.717, 1.165) is 32.5 Å².